The van der Waals surface area contributed by atoms with E-state index < -0.39 is 0 Å². The second-order valence-corrected chi connectivity index (χ2v) is 6.40. The lowest BCUT2D eigenvalue weighted by molar-refractivity contribution is 0.0977. The van der Waals surface area contributed by atoms with E-state index in [9.17, 15) is 4.79 Å². The molecule has 0 aliphatic rings. The van der Waals surface area contributed by atoms with Crippen LogP contribution in [0.15, 0.2) is 42.5 Å². The molecule has 2 aromatic carbocycles. The van der Waals surface area contributed by atoms with Gasteiger partial charge >= 0.3 is 0 Å². The third-order valence-electron chi connectivity index (χ3n) is 2.89. The van der Waals surface area contributed by atoms with Crippen LogP contribution < -0.4 is 15.4 Å². The van der Waals surface area contributed by atoms with Gasteiger partial charge < -0.3 is 10.1 Å². The fraction of sp³-hybridized carbons (Fsp3) is 0.176. The zero-order valence-electron chi connectivity index (χ0n) is 13.1. The molecule has 0 atom stereocenters. The first-order valence-corrected chi connectivity index (χ1v) is 8.36. The maximum Gasteiger partial charge on any atom is 0.257 e. The predicted molar refractivity (Wildman–Crippen MR) is 102 cm³/mol. The van der Waals surface area contributed by atoms with Gasteiger partial charge in [0.15, 0.2) is 5.11 Å². The summed E-state index contributed by atoms with van der Waals surface area (Å²) in [4.78, 5) is 12.3. The van der Waals surface area contributed by atoms with Crippen molar-refractivity contribution in [1.82, 2.24) is 5.32 Å². The van der Waals surface area contributed by atoms with Gasteiger partial charge in [0, 0.05) is 5.56 Å². The van der Waals surface area contributed by atoms with E-state index in [0.717, 1.165) is 0 Å². The highest BCUT2D eigenvalue weighted by Crippen LogP contribution is 2.29. The highest BCUT2D eigenvalue weighted by atomic mass is 35.5. The van der Waals surface area contributed by atoms with Crippen LogP contribution in [0.1, 0.15) is 24.2 Å². The van der Waals surface area contributed by atoms with Crippen LogP contribution >= 0.6 is 35.4 Å². The number of ether oxygens (including phenoxy) is 1. The molecule has 0 bridgehead atoms. The fourth-order valence-electron chi connectivity index (χ4n) is 1.91. The highest BCUT2D eigenvalue weighted by molar-refractivity contribution is 7.80. The number of carbonyl (C=O) groups excluding carboxylic acids is 1. The molecular weight excluding hydrogens is 367 g/mol. The average Bonchev–Trinajstić information content (AvgIpc) is 2.51. The molecule has 0 unspecified atom stereocenters. The minimum absolute atomic E-state index is 0.0241. The van der Waals surface area contributed by atoms with Crippen LogP contribution in [0, 0.1) is 0 Å². The number of thiocarbonyl (C=S) groups is 1. The van der Waals surface area contributed by atoms with Gasteiger partial charge in [0.2, 0.25) is 0 Å². The monoisotopic (exact) mass is 382 g/mol. The molecule has 4 nitrogen and oxygen atoms in total. The van der Waals surface area contributed by atoms with Crippen molar-refractivity contribution in [3.63, 3.8) is 0 Å². The van der Waals surface area contributed by atoms with Crippen molar-refractivity contribution < 1.29 is 9.53 Å². The summed E-state index contributed by atoms with van der Waals surface area (Å²) in [5, 5.41) is 6.30. The molecule has 1 amide bonds. The van der Waals surface area contributed by atoms with Crippen LogP contribution in [0.5, 0.6) is 5.75 Å². The molecule has 24 heavy (non-hydrogen) atoms. The van der Waals surface area contributed by atoms with Gasteiger partial charge in [0.1, 0.15) is 5.75 Å². The molecule has 0 aromatic heterocycles. The standard InChI is InChI=1S/C17H16Cl2N2O2S/c1-10(2)23-12-6-3-5-11(9-12)16(22)21-17(24)20-14-8-4-7-13(18)15(14)19/h3-10H,1-2H3,(H2,20,21,22,24). The van der Waals surface area contributed by atoms with Gasteiger partial charge in [-0.3, -0.25) is 10.1 Å². The number of halogens is 2. The minimum atomic E-state index is -0.347. The van der Waals surface area contributed by atoms with Gasteiger partial charge in [-0.25, -0.2) is 0 Å². The average molecular weight is 383 g/mol. The summed E-state index contributed by atoms with van der Waals surface area (Å²) in [6, 6.07) is 12.0. The normalized spacial score (nSPS) is 10.4. The molecule has 0 spiro atoms. The van der Waals surface area contributed by atoms with E-state index in [-0.39, 0.29) is 17.1 Å². The van der Waals surface area contributed by atoms with Crippen LogP contribution in [0.2, 0.25) is 10.0 Å². The number of rotatable bonds is 4. The summed E-state index contributed by atoms with van der Waals surface area (Å²) in [6.07, 6.45) is 0.0241. The van der Waals surface area contributed by atoms with Crippen molar-refractivity contribution in [1.29, 1.82) is 0 Å². The Morgan fingerprint density at radius 2 is 1.88 bits per heavy atom. The second-order valence-electron chi connectivity index (χ2n) is 5.20. The van der Waals surface area contributed by atoms with Crippen molar-refractivity contribution in [2.45, 2.75) is 20.0 Å². The van der Waals surface area contributed by atoms with E-state index >= 15 is 0 Å². The topological polar surface area (TPSA) is 50.4 Å². The minimum Gasteiger partial charge on any atom is -0.491 e. The lowest BCUT2D eigenvalue weighted by Gasteiger charge is -2.13. The Morgan fingerprint density at radius 1 is 1.17 bits per heavy atom. The lowest BCUT2D eigenvalue weighted by atomic mass is 10.2. The number of amides is 1. The van der Waals surface area contributed by atoms with Crippen LogP contribution in [0.25, 0.3) is 0 Å². The van der Waals surface area contributed by atoms with Gasteiger partial charge in [-0.1, -0.05) is 35.3 Å². The largest absolute Gasteiger partial charge is 0.491 e. The van der Waals surface area contributed by atoms with E-state index in [1.165, 1.54) is 0 Å². The summed E-state index contributed by atoms with van der Waals surface area (Å²) in [5.74, 6) is 0.272. The molecular formula is C17H16Cl2N2O2S. The molecule has 0 fully saturated rings. The number of anilines is 1. The molecule has 0 radical (unpaired) electrons. The van der Waals surface area contributed by atoms with E-state index in [4.69, 9.17) is 40.2 Å². The van der Waals surface area contributed by atoms with Gasteiger partial charge in [0.25, 0.3) is 5.91 Å². The van der Waals surface area contributed by atoms with E-state index in [1.54, 1.807) is 42.5 Å². The molecule has 2 N–H and O–H groups in total. The van der Waals surface area contributed by atoms with Crippen molar-refractivity contribution in [2.24, 2.45) is 0 Å². The van der Waals surface area contributed by atoms with Crippen molar-refractivity contribution >= 4 is 52.1 Å². The number of hydrogen-bond donors (Lipinski definition) is 2. The van der Waals surface area contributed by atoms with Crippen LogP contribution in [-0.4, -0.2) is 17.1 Å². The second kappa shape index (κ2) is 8.33. The first kappa shape index (κ1) is 18.5. The summed E-state index contributed by atoms with van der Waals surface area (Å²) in [5.41, 5.74) is 0.959. The number of benzene rings is 2. The Morgan fingerprint density at radius 3 is 2.58 bits per heavy atom. The summed E-state index contributed by atoms with van der Waals surface area (Å²) in [6.45, 7) is 3.83. The third-order valence-corrected chi connectivity index (χ3v) is 3.92. The SMILES string of the molecule is CC(C)Oc1cccc(C(=O)NC(=S)Nc2cccc(Cl)c2Cl)c1. The maximum absolute atomic E-state index is 12.3. The van der Waals surface area contributed by atoms with Gasteiger partial charge in [-0.15, -0.1) is 0 Å². The van der Waals surface area contributed by atoms with Crippen LogP contribution in [-0.2, 0) is 0 Å². The summed E-state index contributed by atoms with van der Waals surface area (Å²) >= 11 is 17.2. The molecule has 7 heteroatoms. The summed E-state index contributed by atoms with van der Waals surface area (Å²) in [7, 11) is 0. The quantitative estimate of drug-likeness (QED) is 0.737. The van der Waals surface area contributed by atoms with Gasteiger partial charge in [-0.05, 0) is 56.4 Å². The number of nitrogens with one attached hydrogen (secondary N) is 2. The molecule has 0 aliphatic heterocycles. The predicted octanol–water partition coefficient (Wildman–Crippen LogP) is 4.91. The van der Waals surface area contributed by atoms with Gasteiger partial charge in [-0.2, -0.15) is 0 Å². The third kappa shape index (κ3) is 5.09. The Balaban J connectivity index is 2.04. The zero-order chi connectivity index (χ0) is 17.7. The molecule has 2 rings (SSSR count). The maximum atomic E-state index is 12.3. The highest BCUT2D eigenvalue weighted by Gasteiger charge is 2.11. The molecule has 2 aromatic rings. The van der Waals surface area contributed by atoms with Crippen molar-refractivity contribution in [2.75, 3.05) is 5.32 Å². The van der Waals surface area contributed by atoms with E-state index in [1.807, 2.05) is 13.8 Å². The summed E-state index contributed by atoms with van der Waals surface area (Å²) < 4.78 is 5.57. The molecule has 0 saturated heterocycles. The lowest BCUT2D eigenvalue weighted by Crippen LogP contribution is -2.34. The van der Waals surface area contributed by atoms with E-state index in [2.05, 4.69) is 10.6 Å². The van der Waals surface area contributed by atoms with Gasteiger partial charge in [0.05, 0.1) is 21.8 Å². The number of carbonyl (C=O) groups is 1. The Labute approximate surface area is 156 Å². The van der Waals surface area contributed by atoms with Crippen LogP contribution in [0.4, 0.5) is 5.69 Å². The molecule has 126 valence electrons. The number of hydrogen-bond acceptors (Lipinski definition) is 3. The Hall–Kier alpha value is -1.82. The van der Waals surface area contributed by atoms with Crippen molar-refractivity contribution in [3.8, 4) is 5.75 Å². The molecule has 0 aliphatic carbocycles. The first-order chi connectivity index (χ1) is 11.4. The zero-order valence-corrected chi connectivity index (χ0v) is 15.4. The molecule has 0 heterocycles. The Bertz CT molecular complexity index is 766. The van der Waals surface area contributed by atoms with Crippen LogP contribution in [0.3, 0.4) is 0 Å². The van der Waals surface area contributed by atoms with Crippen molar-refractivity contribution in [3.05, 3.63) is 58.1 Å². The smallest absolute Gasteiger partial charge is 0.257 e. The first-order valence-electron chi connectivity index (χ1n) is 7.20. The van der Waals surface area contributed by atoms with E-state index in [0.29, 0.717) is 27.0 Å². The fourth-order valence-corrected chi connectivity index (χ4v) is 2.46. The Kier molecular flexibility index (Phi) is 6.43. The molecule has 0 saturated carbocycles.